The third kappa shape index (κ3) is 4.26. The van der Waals surface area contributed by atoms with Gasteiger partial charge in [0.1, 0.15) is 0 Å². The van der Waals surface area contributed by atoms with Gasteiger partial charge in [0, 0.05) is 24.7 Å². The minimum atomic E-state index is -0.251. The number of hydrogen-bond donors (Lipinski definition) is 3. The van der Waals surface area contributed by atoms with Gasteiger partial charge in [0.25, 0.3) is 0 Å². The van der Waals surface area contributed by atoms with Crippen LogP contribution in [0, 0.1) is 19.8 Å². The van der Waals surface area contributed by atoms with E-state index in [1.165, 1.54) is 0 Å². The van der Waals surface area contributed by atoms with Crippen LogP contribution in [0.1, 0.15) is 24.0 Å². The van der Waals surface area contributed by atoms with Gasteiger partial charge in [0.15, 0.2) is 0 Å². The van der Waals surface area contributed by atoms with Crippen molar-refractivity contribution in [2.45, 2.75) is 26.7 Å². The number of hydrogen-bond acceptors (Lipinski definition) is 2. The van der Waals surface area contributed by atoms with E-state index in [2.05, 4.69) is 16.0 Å². The van der Waals surface area contributed by atoms with Crippen LogP contribution in [0.15, 0.2) is 18.2 Å². The summed E-state index contributed by atoms with van der Waals surface area (Å²) in [6.07, 6.45) is 1.98. The smallest absolute Gasteiger partial charge is 0.319 e. The maximum Gasteiger partial charge on any atom is 0.319 e. The summed E-state index contributed by atoms with van der Waals surface area (Å²) in [5.74, 6) is 0.306. The van der Waals surface area contributed by atoms with Gasteiger partial charge in [0.05, 0.1) is 0 Å². The van der Waals surface area contributed by atoms with E-state index < -0.39 is 0 Å². The highest BCUT2D eigenvalue weighted by molar-refractivity contribution is 5.90. The topological polar surface area (TPSA) is 70.2 Å². The van der Waals surface area contributed by atoms with Crippen LogP contribution in [-0.4, -0.2) is 25.0 Å². The fourth-order valence-corrected chi connectivity index (χ4v) is 1.89. The summed E-state index contributed by atoms with van der Waals surface area (Å²) >= 11 is 0. The molecule has 1 aromatic carbocycles. The Morgan fingerprint density at radius 2 is 1.85 bits per heavy atom. The van der Waals surface area contributed by atoms with Crippen molar-refractivity contribution in [1.29, 1.82) is 0 Å². The molecule has 5 heteroatoms. The van der Waals surface area contributed by atoms with E-state index in [0.717, 1.165) is 29.7 Å². The van der Waals surface area contributed by atoms with E-state index in [9.17, 15) is 9.59 Å². The molecule has 0 heterocycles. The molecule has 0 radical (unpaired) electrons. The molecular formula is C15H21N3O2. The molecular weight excluding hydrogens is 254 g/mol. The first-order chi connectivity index (χ1) is 9.56. The monoisotopic (exact) mass is 275 g/mol. The van der Waals surface area contributed by atoms with Crippen molar-refractivity contribution >= 4 is 17.6 Å². The molecule has 0 spiro atoms. The molecule has 1 aliphatic rings. The predicted octanol–water partition coefficient (Wildman–Crippen LogP) is 1.95. The lowest BCUT2D eigenvalue weighted by Crippen LogP contribution is -2.37. The quantitative estimate of drug-likeness (QED) is 0.719. The van der Waals surface area contributed by atoms with Gasteiger partial charge in [-0.2, -0.15) is 0 Å². The van der Waals surface area contributed by atoms with Crippen molar-refractivity contribution in [3.05, 3.63) is 29.3 Å². The predicted molar refractivity (Wildman–Crippen MR) is 78.7 cm³/mol. The number of rotatable bonds is 5. The van der Waals surface area contributed by atoms with Crippen LogP contribution in [0.4, 0.5) is 10.5 Å². The van der Waals surface area contributed by atoms with E-state index in [1.807, 2.05) is 32.0 Å². The van der Waals surface area contributed by atoms with Gasteiger partial charge in [-0.25, -0.2) is 4.79 Å². The molecule has 2 rings (SSSR count). The molecule has 0 unspecified atom stereocenters. The average Bonchev–Trinajstić information content (AvgIpc) is 3.23. The lowest BCUT2D eigenvalue weighted by atomic mass is 10.1. The fourth-order valence-electron chi connectivity index (χ4n) is 1.89. The van der Waals surface area contributed by atoms with E-state index in [0.29, 0.717) is 13.1 Å². The van der Waals surface area contributed by atoms with Gasteiger partial charge in [-0.05, 0) is 43.9 Å². The standard InChI is InChI=1S/C15H21N3O2/c1-10-3-4-11(2)13(9-10)18-15(20)17-8-7-16-14(19)12-5-6-12/h3-4,9,12H,5-8H2,1-2H3,(H,16,19)(H2,17,18,20). The molecule has 108 valence electrons. The third-order valence-electron chi connectivity index (χ3n) is 3.30. The number of anilines is 1. The summed E-state index contributed by atoms with van der Waals surface area (Å²) in [6.45, 7) is 4.82. The summed E-state index contributed by atoms with van der Waals surface area (Å²) in [7, 11) is 0. The van der Waals surface area contributed by atoms with Gasteiger partial charge in [-0.15, -0.1) is 0 Å². The zero-order valence-electron chi connectivity index (χ0n) is 12.0. The van der Waals surface area contributed by atoms with Crippen LogP contribution >= 0.6 is 0 Å². The Kier molecular flexibility index (Phi) is 4.61. The van der Waals surface area contributed by atoms with Crippen molar-refractivity contribution in [2.75, 3.05) is 18.4 Å². The van der Waals surface area contributed by atoms with Crippen LogP contribution in [0.3, 0.4) is 0 Å². The van der Waals surface area contributed by atoms with Gasteiger partial charge in [-0.3, -0.25) is 4.79 Å². The number of nitrogens with one attached hydrogen (secondary N) is 3. The second-order valence-electron chi connectivity index (χ2n) is 5.26. The van der Waals surface area contributed by atoms with Crippen molar-refractivity contribution < 1.29 is 9.59 Å². The molecule has 0 aliphatic heterocycles. The summed E-state index contributed by atoms with van der Waals surface area (Å²) in [5, 5.41) is 8.34. The van der Waals surface area contributed by atoms with Gasteiger partial charge >= 0.3 is 6.03 Å². The van der Waals surface area contributed by atoms with Crippen LogP contribution in [0.5, 0.6) is 0 Å². The fraction of sp³-hybridized carbons (Fsp3) is 0.467. The first-order valence-corrected chi connectivity index (χ1v) is 6.96. The van der Waals surface area contributed by atoms with Gasteiger partial charge in [-0.1, -0.05) is 12.1 Å². The summed E-state index contributed by atoms with van der Waals surface area (Å²) < 4.78 is 0. The first kappa shape index (κ1) is 14.4. The minimum absolute atomic E-state index is 0.0988. The normalized spacial score (nSPS) is 13.7. The van der Waals surface area contributed by atoms with Crippen LogP contribution < -0.4 is 16.0 Å². The molecule has 20 heavy (non-hydrogen) atoms. The second-order valence-corrected chi connectivity index (χ2v) is 5.26. The van der Waals surface area contributed by atoms with Gasteiger partial charge < -0.3 is 16.0 Å². The Morgan fingerprint density at radius 3 is 2.55 bits per heavy atom. The van der Waals surface area contributed by atoms with E-state index in [1.54, 1.807) is 0 Å². The van der Waals surface area contributed by atoms with Crippen molar-refractivity contribution in [1.82, 2.24) is 10.6 Å². The number of carbonyl (C=O) groups is 2. The van der Waals surface area contributed by atoms with Gasteiger partial charge in [0.2, 0.25) is 5.91 Å². The number of carbonyl (C=O) groups excluding carboxylic acids is 2. The lowest BCUT2D eigenvalue weighted by Gasteiger charge is -2.11. The van der Waals surface area contributed by atoms with Crippen LogP contribution in [0.25, 0.3) is 0 Å². The van der Waals surface area contributed by atoms with Crippen molar-refractivity contribution in [3.8, 4) is 0 Å². The Hall–Kier alpha value is -2.04. The molecule has 0 bridgehead atoms. The molecule has 5 nitrogen and oxygen atoms in total. The molecule has 3 N–H and O–H groups in total. The molecule has 1 fully saturated rings. The third-order valence-corrected chi connectivity index (χ3v) is 3.30. The molecule has 0 aromatic heterocycles. The number of benzene rings is 1. The minimum Gasteiger partial charge on any atom is -0.354 e. The number of amides is 3. The van der Waals surface area contributed by atoms with E-state index in [-0.39, 0.29) is 17.9 Å². The maximum atomic E-state index is 11.7. The maximum absolute atomic E-state index is 11.7. The van der Waals surface area contributed by atoms with Crippen LogP contribution in [0.2, 0.25) is 0 Å². The first-order valence-electron chi connectivity index (χ1n) is 6.96. The second kappa shape index (κ2) is 6.41. The SMILES string of the molecule is Cc1ccc(C)c(NC(=O)NCCNC(=O)C2CC2)c1. The number of urea groups is 1. The van der Waals surface area contributed by atoms with Crippen LogP contribution in [-0.2, 0) is 4.79 Å². The van der Waals surface area contributed by atoms with Crippen molar-refractivity contribution in [3.63, 3.8) is 0 Å². The summed E-state index contributed by atoms with van der Waals surface area (Å²) in [5.41, 5.74) is 2.93. The zero-order chi connectivity index (χ0) is 14.5. The Balaban J connectivity index is 1.69. The molecule has 0 saturated heterocycles. The Morgan fingerprint density at radius 1 is 1.15 bits per heavy atom. The lowest BCUT2D eigenvalue weighted by molar-refractivity contribution is -0.122. The molecule has 0 atom stereocenters. The van der Waals surface area contributed by atoms with Crippen molar-refractivity contribution in [2.24, 2.45) is 5.92 Å². The zero-order valence-corrected chi connectivity index (χ0v) is 12.0. The Bertz CT molecular complexity index is 510. The molecule has 1 saturated carbocycles. The average molecular weight is 275 g/mol. The van der Waals surface area contributed by atoms with E-state index in [4.69, 9.17) is 0 Å². The molecule has 3 amide bonds. The highest BCUT2D eigenvalue weighted by Gasteiger charge is 2.28. The summed E-state index contributed by atoms with van der Waals surface area (Å²) in [6, 6.07) is 5.66. The summed E-state index contributed by atoms with van der Waals surface area (Å²) in [4.78, 5) is 23.1. The highest BCUT2D eigenvalue weighted by atomic mass is 16.2. The Labute approximate surface area is 119 Å². The largest absolute Gasteiger partial charge is 0.354 e. The van der Waals surface area contributed by atoms with E-state index >= 15 is 0 Å². The molecule has 1 aliphatic carbocycles. The highest BCUT2D eigenvalue weighted by Crippen LogP contribution is 2.28. The number of aryl methyl sites for hydroxylation is 2. The molecule has 1 aromatic rings.